The van der Waals surface area contributed by atoms with Crippen molar-refractivity contribution in [1.29, 1.82) is 5.41 Å². The first-order chi connectivity index (χ1) is 15.8. The van der Waals surface area contributed by atoms with Gasteiger partial charge in [-0.3, -0.25) is 14.6 Å². The van der Waals surface area contributed by atoms with E-state index in [4.69, 9.17) is 5.41 Å². The molecule has 7 nitrogen and oxygen atoms in total. The Morgan fingerprint density at radius 3 is 2.33 bits per heavy atom. The lowest BCUT2D eigenvalue weighted by molar-refractivity contribution is -0.134. The molecule has 1 saturated heterocycles. The fourth-order valence-corrected chi connectivity index (χ4v) is 4.62. The lowest BCUT2D eigenvalue weighted by atomic mass is 9.86. The predicted octanol–water partition coefficient (Wildman–Crippen LogP) is 3.60. The number of aromatic nitrogens is 2. The average molecular weight is 448 g/mol. The second-order valence-electron chi connectivity index (χ2n) is 9.65. The van der Waals surface area contributed by atoms with Crippen molar-refractivity contribution in [1.82, 2.24) is 14.9 Å². The van der Waals surface area contributed by atoms with E-state index in [2.05, 4.69) is 14.9 Å². The third kappa shape index (κ3) is 4.82. The van der Waals surface area contributed by atoms with Gasteiger partial charge in [-0.25, -0.2) is 4.98 Å². The van der Waals surface area contributed by atoms with E-state index in [0.29, 0.717) is 19.5 Å². The van der Waals surface area contributed by atoms with Crippen LogP contribution >= 0.6 is 0 Å². The molecule has 1 unspecified atom stereocenters. The Bertz CT molecular complexity index is 1010. The second kappa shape index (κ2) is 9.41. The van der Waals surface area contributed by atoms with Crippen molar-refractivity contribution >= 4 is 23.2 Å². The number of nitrogens with one attached hydrogen (secondary N) is 1. The third-order valence-electron chi connectivity index (χ3n) is 6.93. The van der Waals surface area contributed by atoms with Crippen LogP contribution in [0.5, 0.6) is 0 Å². The highest BCUT2D eigenvalue weighted by molar-refractivity contribution is 6.42. The molecule has 7 heteroatoms. The van der Waals surface area contributed by atoms with Gasteiger partial charge in [-0.05, 0) is 48.4 Å². The maximum atomic E-state index is 13.2. The first kappa shape index (κ1) is 23.1. The molecule has 174 valence electrons. The number of amides is 1. The third-order valence-corrected chi connectivity index (χ3v) is 6.93. The summed E-state index contributed by atoms with van der Waals surface area (Å²) in [5, 5.41) is 8.47. The molecule has 2 aromatic rings. The summed E-state index contributed by atoms with van der Waals surface area (Å²) in [5.74, 6) is 1.10. The number of Topliss-reactive ketones (excluding diaryl/α,β-unsaturated/α-hetero) is 1. The van der Waals surface area contributed by atoms with E-state index >= 15 is 0 Å². The molecule has 2 aliphatic rings. The van der Waals surface area contributed by atoms with Crippen LogP contribution in [0.4, 0.5) is 5.82 Å². The SMILES string of the molecule is CC(C)C(=O)N1CCN(c2ccc(C3(C(=O)C(=N)CC(C)c4cccnc4)CC3)cn2)CC1. The predicted molar refractivity (Wildman–Crippen MR) is 129 cm³/mol. The van der Waals surface area contributed by atoms with Gasteiger partial charge in [0.1, 0.15) is 5.82 Å². The number of pyridine rings is 2. The summed E-state index contributed by atoms with van der Waals surface area (Å²) in [6, 6.07) is 7.85. The van der Waals surface area contributed by atoms with E-state index in [1.165, 1.54) is 0 Å². The zero-order valence-electron chi connectivity index (χ0n) is 19.8. The highest BCUT2D eigenvalue weighted by atomic mass is 16.2. The Kier molecular flexibility index (Phi) is 6.58. The number of carbonyl (C=O) groups excluding carboxylic acids is 2. The largest absolute Gasteiger partial charge is 0.353 e. The molecule has 3 heterocycles. The highest BCUT2D eigenvalue weighted by Gasteiger charge is 2.52. The number of anilines is 1. The van der Waals surface area contributed by atoms with Gasteiger partial charge in [0.25, 0.3) is 0 Å². The lowest BCUT2D eigenvalue weighted by Crippen LogP contribution is -2.50. The molecular formula is C26H33N5O2. The van der Waals surface area contributed by atoms with Gasteiger partial charge < -0.3 is 15.2 Å². The van der Waals surface area contributed by atoms with E-state index in [1.54, 1.807) is 12.4 Å². The van der Waals surface area contributed by atoms with Crippen LogP contribution in [0, 0.1) is 11.3 Å². The summed E-state index contributed by atoms with van der Waals surface area (Å²) in [6.45, 7) is 8.82. The van der Waals surface area contributed by atoms with Crippen LogP contribution < -0.4 is 4.90 Å². The van der Waals surface area contributed by atoms with Gasteiger partial charge >= 0.3 is 0 Å². The fraction of sp³-hybridized carbons (Fsp3) is 0.500. The van der Waals surface area contributed by atoms with Crippen LogP contribution in [0.15, 0.2) is 42.9 Å². The van der Waals surface area contributed by atoms with E-state index in [-0.39, 0.29) is 29.2 Å². The number of hydrogen-bond acceptors (Lipinski definition) is 6. The number of hydrogen-bond donors (Lipinski definition) is 1. The molecule has 1 atom stereocenters. The molecule has 1 aliphatic heterocycles. The fourth-order valence-electron chi connectivity index (χ4n) is 4.62. The summed E-state index contributed by atoms with van der Waals surface area (Å²) in [4.78, 5) is 38.3. The van der Waals surface area contributed by atoms with Gasteiger partial charge in [0.15, 0.2) is 5.78 Å². The van der Waals surface area contributed by atoms with Crippen LogP contribution in [0.25, 0.3) is 0 Å². The topological polar surface area (TPSA) is 90.2 Å². The molecule has 4 rings (SSSR count). The molecule has 33 heavy (non-hydrogen) atoms. The first-order valence-corrected chi connectivity index (χ1v) is 11.8. The average Bonchev–Trinajstić information content (AvgIpc) is 3.66. The minimum Gasteiger partial charge on any atom is -0.353 e. The van der Waals surface area contributed by atoms with Crippen molar-refractivity contribution in [2.75, 3.05) is 31.1 Å². The molecule has 1 N–H and O–H groups in total. The van der Waals surface area contributed by atoms with Crippen molar-refractivity contribution in [2.24, 2.45) is 5.92 Å². The van der Waals surface area contributed by atoms with Crippen molar-refractivity contribution in [3.8, 4) is 0 Å². The Morgan fingerprint density at radius 2 is 1.79 bits per heavy atom. The second-order valence-corrected chi connectivity index (χ2v) is 9.65. The van der Waals surface area contributed by atoms with Gasteiger partial charge in [0, 0.05) is 50.7 Å². The number of rotatable bonds is 8. The number of ketones is 1. The summed E-state index contributed by atoms with van der Waals surface area (Å²) in [5.41, 5.74) is 1.54. The molecular weight excluding hydrogens is 414 g/mol. The van der Waals surface area contributed by atoms with E-state index < -0.39 is 5.41 Å². The van der Waals surface area contributed by atoms with Gasteiger partial charge in [-0.1, -0.05) is 32.9 Å². The van der Waals surface area contributed by atoms with Gasteiger partial charge in [-0.2, -0.15) is 0 Å². The van der Waals surface area contributed by atoms with E-state index in [1.807, 2.05) is 56.1 Å². The molecule has 0 aromatic carbocycles. The van der Waals surface area contributed by atoms with Gasteiger partial charge in [-0.15, -0.1) is 0 Å². The number of piperazine rings is 1. The number of carbonyl (C=O) groups is 2. The molecule has 0 radical (unpaired) electrons. The maximum absolute atomic E-state index is 13.2. The van der Waals surface area contributed by atoms with Crippen LogP contribution in [0.2, 0.25) is 0 Å². The molecule has 0 spiro atoms. The molecule has 2 fully saturated rings. The minimum atomic E-state index is -0.584. The van der Waals surface area contributed by atoms with Crippen LogP contribution in [0.3, 0.4) is 0 Å². The molecule has 1 aliphatic carbocycles. The lowest BCUT2D eigenvalue weighted by Gasteiger charge is -2.36. The Labute approximate surface area is 195 Å². The van der Waals surface area contributed by atoms with E-state index in [9.17, 15) is 9.59 Å². The van der Waals surface area contributed by atoms with Crippen LogP contribution in [0.1, 0.15) is 57.1 Å². The monoisotopic (exact) mass is 447 g/mol. The first-order valence-electron chi connectivity index (χ1n) is 11.8. The van der Waals surface area contributed by atoms with E-state index in [0.717, 1.165) is 42.9 Å². The smallest absolute Gasteiger partial charge is 0.225 e. The highest BCUT2D eigenvalue weighted by Crippen LogP contribution is 2.49. The summed E-state index contributed by atoms with van der Waals surface area (Å²) in [7, 11) is 0. The maximum Gasteiger partial charge on any atom is 0.225 e. The van der Waals surface area contributed by atoms with Crippen molar-refractivity contribution < 1.29 is 9.59 Å². The Balaban J connectivity index is 1.38. The normalized spacial score (nSPS) is 18.2. The summed E-state index contributed by atoms with van der Waals surface area (Å²) >= 11 is 0. The zero-order valence-corrected chi connectivity index (χ0v) is 19.8. The zero-order chi connectivity index (χ0) is 23.6. The molecule has 1 amide bonds. The Hall–Kier alpha value is -3.09. The van der Waals surface area contributed by atoms with Crippen LogP contribution in [-0.4, -0.2) is 58.4 Å². The molecule has 1 saturated carbocycles. The van der Waals surface area contributed by atoms with Crippen LogP contribution in [-0.2, 0) is 15.0 Å². The minimum absolute atomic E-state index is 0.0207. The summed E-state index contributed by atoms with van der Waals surface area (Å²) < 4.78 is 0. The van der Waals surface area contributed by atoms with Gasteiger partial charge in [0.2, 0.25) is 5.91 Å². The molecule has 0 bridgehead atoms. The van der Waals surface area contributed by atoms with Crippen molar-refractivity contribution in [2.45, 2.75) is 51.4 Å². The quantitative estimate of drug-likeness (QED) is 0.625. The Morgan fingerprint density at radius 1 is 1.06 bits per heavy atom. The number of nitrogens with zero attached hydrogens (tertiary/aromatic N) is 4. The van der Waals surface area contributed by atoms with Gasteiger partial charge in [0.05, 0.1) is 11.1 Å². The van der Waals surface area contributed by atoms with Crippen molar-refractivity contribution in [3.63, 3.8) is 0 Å². The van der Waals surface area contributed by atoms with Crippen molar-refractivity contribution in [3.05, 3.63) is 54.0 Å². The standard InChI is InChI=1S/C26H33N5O2/c1-18(2)25(33)31-13-11-30(12-14-31)23-7-6-21(17-29-23)26(8-9-26)24(32)22(27)15-19(3)20-5-4-10-28-16-20/h4-7,10,16-19,27H,8-9,11-15H2,1-3H3. The summed E-state index contributed by atoms with van der Waals surface area (Å²) in [6.07, 6.45) is 7.30. The molecule has 2 aromatic heterocycles.